The summed E-state index contributed by atoms with van der Waals surface area (Å²) < 4.78 is 13.6. The number of nitrogens with one attached hydrogen (secondary N) is 1. The van der Waals surface area contributed by atoms with E-state index in [9.17, 15) is 4.39 Å². The molecule has 1 fully saturated rings. The molecule has 1 N–H and O–H groups in total. The third kappa shape index (κ3) is 4.08. The highest BCUT2D eigenvalue weighted by Gasteiger charge is 2.23. The Morgan fingerprint density at radius 1 is 1.33 bits per heavy atom. The average Bonchev–Trinajstić information content (AvgIpc) is 2.44. The summed E-state index contributed by atoms with van der Waals surface area (Å²) in [6, 6.07) is 3.18. The first kappa shape index (κ1) is 17.0. The topological polar surface area (TPSA) is 18.5 Å². The highest BCUT2D eigenvalue weighted by atomic mass is 35.5. The molecule has 0 saturated carbocycles. The van der Waals surface area contributed by atoms with Crippen LogP contribution in [-0.2, 0) is 0 Å². The maximum atomic E-state index is 13.6. The van der Waals surface area contributed by atoms with Gasteiger partial charge in [-0.25, -0.2) is 4.39 Å². The number of benzene rings is 1. The second kappa shape index (κ2) is 7.25. The molecule has 0 bridgehead atoms. The van der Waals surface area contributed by atoms with Gasteiger partial charge < -0.3 is 10.2 Å². The smallest absolute Gasteiger partial charge is 0.142 e. The van der Waals surface area contributed by atoms with Gasteiger partial charge in [-0.15, -0.1) is 0 Å². The summed E-state index contributed by atoms with van der Waals surface area (Å²) in [7, 11) is 4.26. The Morgan fingerprint density at radius 2 is 2.05 bits per heavy atom. The Balaban J connectivity index is 2.02. The summed E-state index contributed by atoms with van der Waals surface area (Å²) in [5.74, 6) is -0.431. The lowest BCUT2D eigenvalue weighted by atomic mass is 10.1. The molecule has 1 aliphatic rings. The van der Waals surface area contributed by atoms with Crippen molar-refractivity contribution in [1.82, 2.24) is 15.1 Å². The van der Waals surface area contributed by atoms with Crippen molar-refractivity contribution in [1.29, 1.82) is 0 Å². The number of likely N-dealkylation sites (N-methyl/N-ethyl adjacent to an activating group) is 2. The zero-order chi connectivity index (χ0) is 15.6. The summed E-state index contributed by atoms with van der Waals surface area (Å²) in [5, 5.41) is 4.03. The molecule has 0 aromatic heterocycles. The molecule has 1 aromatic rings. The maximum Gasteiger partial charge on any atom is 0.142 e. The van der Waals surface area contributed by atoms with Gasteiger partial charge in [-0.1, -0.05) is 23.2 Å². The molecule has 118 valence electrons. The van der Waals surface area contributed by atoms with E-state index < -0.39 is 5.82 Å². The predicted octanol–water partition coefficient (Wildman–Crippen LogP) is 3.03. The van der Waals surface area contributed by atoms with Gasteiger partial charge in [0.05, 0.1) is 5.02 Å². The Labute approximate surface area is 136 Å². The number of piperazine rings is 1. The molecule has 1 heterocycles. The molecule has 0 spiro atoms. The van der Waals surface area contributed by atoms with E-state index in [1.807, 2.05) is 6.92 Å². The number of hydrogen-bond acceptors (Lipinski definition) is 3. The Bertz CT molecular complexity index is 498. The van der Waals surface area contributed by atoms with Crippen molar-refractivity contribution in [2.24, 2.45) is 0 Å². The molecule has 1 saturated heterocycles. The van der Waals surface area contributed by atoms with Crippen LogP contribution in [0.2, 0.25) is 10.0 Å². The number of halogens is 3. The molecular formula is C15H22Cl2FN3. The molecule has 0 aliphatic carbocycles. The minimum absolute atomic E-state index is 0.0960. The molecule has 0 radical (unpaired) electrons. The van der Waals surface area contributed by atoms with E-state index in [1.165, 1.54) is 6.07 Å². The van der Waals surface area contributed by atoms with E-state index in [2.05, 4.69) is 29.2 Å². The highest BCUT2D eigenvalue weighted by molar-refractivity contribution is 6.36. The zero-order valence-corrected chi connectivity index (χ0v) is 14.2. The molecule has 1 aromatic carbocycles. The van der Waals surface area contributed by atoms with E-state index in [0.717, 1.165) is 26.2 Å². The molecule has 6 heteroatoms. The molecule has 2 unspecified atom stereocenters. The number of nitrogens with zero attached hydrogens (tertiary/aromatic N) is 2. The van der Waals surface area contributed by atoms with Gasteiger partial charge in [-0.2, -0.15) is 0 Å². The first-order chi connectivity index (χ1) is 9.90. The van der Waals surface area contributed by atoms with Crippen molar-refractivity contribution in [3.05, 3.63) is 33.6 Å². The van der Waals surface area contributed by atoms with E-state index in [4.69, 9.17) is 23.2 Å². The van der Waals surface area contributed by atoms with Crippen molar-refractivity contribution in [3.8, 4) is 0 Å². The van der Waals surface area contributed by atoms with Gasteiger partial charge in [-0.3, -0.25) is 4.90 Å². The second-order valence-corrected chi connectivity index (χ2v) is 6.57. The summed E-state index contributed by atoms with van der Waals surface area (Å²) in [6.45, 7) is 5.92. The van der Waals surface area contributed by atoms with Gasteiger partial charge in [0, 0.05) is 48.8 Å². The van der Waals surface area contributed by atoms with Crippen LogP contribution in [-0.4, -0.2) is 56.1 Å². The van der Waals surface area contributed by atoms with Crippen LogP contribution in [0.15, 0.2) is 12.1 Å². The first-order valence-electron chi connectivity index (χ1n) is 7.15. The summed E-state index contributed by atoms with van der Waals surface area (Å²) >= 11 is 12.2. The normalized spacial score (nSPS) is 22.5. The van der Waals surface area contributed by atoms with Crippen LogP contribution in [0.4, 0.5) is 4.39 Å². The van der Waals surface area contributed by atoms with Gasteiger partial charge in [0.1, 0.15) is 5.82 Å². The molecule has 2 rings (SSSR count). The molecule has 0 amide bonds. The summed E-state index contributed by atoms with van der Waals surface area (Å²) in [4.78, 5) is 4.66. The SMILES string of the molecule is CC(NCC1CN(C)CCN1C)c1c(Cl)ccc(F)c1Cl. The highest BCUT2D eigenvalue weighted by Crippen LogP contribution is 2.32. The largest absolute Gasteiger partial charge is 0.308 e. The number of rotatable bonds is 4. The van der Waals surface area contributed by atoms with E-state index in [0.29, 0.717) is 16.6 Å². The zero-order valence-electron chi connectivity index (χ0n) is 12.7. The van der Waals surface area contributed by atoms with Crippen molar-refractivity contribution in [2.75, 3.05) is 40.3 Å². The average molecular weight is 334 g/mol. The van der Waals surface area contributed by atoms with Crippen LogP contribution in [0.25, 0.3) is 0 Å². The number of hydrogen-bond donors (Lipinski definition) is 1. The standard InChI is InChI=1S/C15H22Cl2FN3/c1-10(14-12(16)4-5-13(18)15(14)17)19-8-11-9-20(2)6-7-21(11)3/h4-5,10-11,19H,6-9H2,1-3H3. The summed E-state index contributed by atoms with van der Waals surface area (Å²) in [5.41, 5.74) is 0.630. The lowest BCUT2D eigenvalue weighted by Crippen LogP contribution is -2.53. The third-order valence-electron chi connectivity index (χ3n) is 4.15. The fourth-order valence-electron chi connectivity index (χ4n) is 2.68. The predicted molar refractivity (Wildman–Crippen MR) is 86.8 cm³/mol. The van der Waals surface area contributed by atoms with Crippen molar-refractivity contribution >= 4 is 23.2 Å². The van der Waals surface area contributed by atoms with Gasteiger partial charge >= 0.3 is 0 Å². The Kier molecular flexibility index (Phi) is 5.86. The van der Waals surface area contributed by atoms with Crippen LogP contribution in [0.3, 0.4) is 0 Å². The minimum Gasteiger partial charge on any atom is -0.308 e. The fraction of sp³-hybridized carbons (Fsp3) is 0.600. The molecule has 2 atom stereocenters. The Morgan fingerprint density at radius 3 is 2.76 bits per heavy atom. The fourth-order valence-corrected chi connectivity index (χ4v) is 3.37. The van der Waals surface area contributed by atoms with Crippen molar-refractivity contribution in [2.45, 2.75) is 19.0 Å². The van der Waals surface area contributed by atoms with Crippen LogP contribution in [0.1, 0.15) is 18.5 Å². The molecule has 3 nitrogen and oxygen atoms in total. The van der Waals surface area contributed by atoms with E-state index >= 15 is 0 Å². The van der Waals surface area contributed by atoms with Gasteiger partial charge in [-0.05, 0) is 33.2 Å². The second-order valence-electron chi connectivity index (χ2n) is 5.78. The molecular weight excluding hydrogens is 312 g/mol. The van der Waals surface area contributed by atoms with Crippen LogP contribution in [0.5, 0.6) is 0 Å². The Hall–Kier alpha value is -0.390. The third-order valence-corrected chi connectivity index (χ3v) is 4.87. The van der Waals surface area contributed by atoms with Crippen LogP contribution < -0.4 is 5.32 Å². The summed E-state index contributed by atoms with van der Waals surface area (Å²) in [6.07, 6.45) is 0. The van der Waals surface area contributed by atoms with Gasteiger partial charge in [0.15, 0.2) is 0 Å². The lowest BCUT2D eigenvalue weighted by Gasteiger charge is -2.38. The van der Waals surface area contributed by atoms with Crippen LogP contribution >= 0.6 is 23.2 Å². The maximum absolute atomic E-state index is 13.6. The van der Waals surface area contributed by atoms with E-state index in [-0.39, 0.29) is 11.1 Å². The van der Waals surface area contributed by atoms with Gasteiger partial charge in [0.25, 0.3) is 0 Å². The molecule has 1 aliphatic heterocycles. The van der Waals surface area contributed by atoms with Crippen LogP contribution in [0, 0.1) is 5.82 Å². The minimum atomic E-state index is -0.431. The van der Waals surface area contributed by atoms with Crippen molar-refractivity contribution in [3.63, 3.8) is 0 Å². The quantitative estimate of drug-likeness (QED) is 0.854. The molecule has 21 heavy (non-hydrogen) atoms. The first-order valence-corrected chi connectivity index (χ1v) is 7.91. The van der Waals surface area contributed by atoms with Gasteiger partial charge in [0.2, 0.25) is 0 Å². The monoisotopic (exact) mass is 333 g/mol. The van der Waals surface area contributed by atoms with Crippen molar-refractivity contribution < 1.29 is 4.39 Å². The lowest BCUT2D eigenvalue weighted by molar-refractivity contribution is 0.112. The van der Waals surface area contributed by atoms with E-state index in [1.54, 1.807) is 6.07 Å².